The molecule has 25 heavy (non-hydrogen) atoms. The van der Waals surface area contributed by atoms with Crippen LogP contribution in [0.3, 0.4) is 0 Å². The number of piperidine rings is 1. The average Bonchev–Trinajstić information content (AvgIpc) is 3.10. The van der Waals surface area contributed by atoms with Gasteiger partial charge in [-0.1, -0.05) is 28.4 Å². The number of nitrogens with one attached hydrogen (secondary N) is 1. The fraction of sp³-hybridized carbons (Fsp3) is 0.353. The van der Waals surface area contributed by atoms with Crippen LogP contribution in [-0.4, -0.2) is 31.7 Å². The lowest BCUT2D eigenvalue weighted by Crippen LogP contribution is -2.35. The first-order valence-corrected chi connectivity index (χ1v) is 11.1. The van der Waals surface area contributed by atoms with E-state index in [0.29, 0.717) is 29.4 Å². The van der Waals surface area contributed by atoms with Gasteiger partial charge in [0.15, 0.2) is 0 Å². The second kappa shape index (κ2) is 7.99. The van der Waals surface area contributed by atoms with Crippen molar-refractivity contribution in [1.82, 2.24) is 9.62 Å². The average molecular weight is 443 g/mol. The summed E-state index contributed by atoms with van der Waals surface area (Å²) < 4.78 is 28.0. The largest absolute Gasteiger partial charge is 0.347 e. The molecule has 0 bridgehead atoms. The molecule has 1 aromatic carbocycles. The Kier molecular flexibility index (Phi) is 5.93. The fourth-order valence-electron chi connectivity index (χ4n) is 2.72. The Morgan fingerprint density at radius 3 is 2.64 bits per heavy atom. The van der Waals surface area contributed by atoms with Gasteiger partial charge in [-0.3, -0.25) is 4.79 Å². The molecule has 0 aliphatic carbocycles. The number of carbonyl (C=O) groups is 1. The van der Waals surface area contributed by atoms with Gasteiger partial charge in [0.2, 0.25) is 0 Å². The number of carbonyl (C=O) groups excluding carboxylic acids is 1. The molecule has 1 N–H and O–H groups in total. The minimum atomic E-state index is -3.40. The highest BCUT2D eigenvalue weighted by atomic mass is 79.9. The molecule has 0 saturated carbocycles. The van der Waals surface area contributed by atoms with E-state index in [1.165, 1.54) is 11.3 Å². The van der Waals surface area contributed by atoms with Crippen LogP contribution in [0.4, 0.5) is 0 Å². The van der Waals surface area contributed by atoms with Crippen LogP contribution >= 0.6 is 27.3 Å². The monoisotopic (exact) mass is 442 g/mol. The van der Waals surface area contributed by atoms with Crippen LogP contribution in [0, 0.1) is 0 Å². The first-order chi connectivity index (χ1) is 12.0. The van der Waals surface area contributed by atoms with Crippen molar-refractivity contribution in [3.63, 3.8) is 0 Å². The van der Waals surface area contributed by atoms with Gasteiger partial charge in [-0.15, -0.1) is 11.3 Å². The number of nitrogens with zero attached hydrogens (tertiary/aromatic N) is 1. The zero-order chi connectivity index (χ0) is 17.9. The third-order valence-corrected chi connectivity index (χ3v) is 8.00. The number of hydrogen-bond acceptors (Lipinski definition) is 4. The molecule has 5 nitrogen and oxygen atoms in total. The van der Waals surface area contributed by atoms with Crippen molar-refractivity contribution < 1.29 is 13.2 Å². The van der Waals surface area contributed by atoms with Gasteiger partial charge in [0.25, 0.3) is 15.9 Å². The van der Waals surface area contributed by atoms with Crippen LogP contribution in [0.1, 0.15) is 34.5 Å². The van der Waals surface area contributed by atoms with Gasteiger partial charge in [0, 0.05) is 28.0 Å². The third-order valence-electron chi connectivity index (χ3n) is 4.06. The summed E-state index contributed by atoms with van der Waals surface area (Å²) in [5.41, 5.74) is 0.562. The number of benzene rings is 1. The van der Waals surface area contributed by atoms with Crippen LogP contribution in [0.15, 0.2) is 45.1 Å². The molecule has 2 heterocycles. The molecule has 1 saturated heterocycles. The van der Waals surface area contributed by atoms with Crippen LogP contribution in [0.25, 0.3) is 0 Å². The van der Waals surface area contributed by atoms with Crippen molar-refractivity contribution in [1.29, 1.82) is 0 Å². The standard InChI is InChI=1S/C17H19BrN2O3S2/c18-14-6-4-5-13(11-14)17(21)19-12-15-7-8-16(24-15)25(22,23)20-9-2-1-3-10-20/h4-8,11H,1-3,9-10,12H2,(H,19,21). The van der Waals surface area contributed by atoms with E-state index in [1.807, 2.05) is 6.07 Å². The molecule has 0 radical (unpaired) electrons. The topological polar surface area (TPSA) is 66.5 Å². The summed E-state index contributed by atoms with van der Waals surface area (Å²) >= 11 is 4.56. The van der Waals surface area contributed by atoms with Crippen molar-refractivity contribution in [2.75, 3.05) is 13.1 Å². The van der Waals surface area contributed by atoms with Gasteiger partial charge in [-0.05, 0) is 43.2 Å². The van der Waals surface area contributed by atoms with E-state index in [2.05, 4.69) is 21.2 Å². The van der Waals surface area contributed by atoms with E-state index < -0.39 is 10.0 Å². The van der Waals surface area contributed by atoms with Crippen molar-refractivity contribution in [3.05, 3.63) is 51.3 Å². The quantitative estimate of drug-likeness (QED) is 0.768. The number of hydrogen-bond donors (Lipinski definition) is 1. The summed E-state index contributed by atoms with van der Waals surface area (Å²) in [4.78, 5) is 13.0. The number of halogens is 1. The summed E-state index contributed by atoms with van der Waals surface area (Å²) in [6.07, 6.45) is 2.92. The number of sulfonamides is 1. The van der Waals surface area contributed by atoms with Crippen molar-refractivity contribution >= 4 is 43.2 Å². The molecule has 1 aliphatic rings. The lowest BCUT2D eigenvalue weighted by Gasteiger charge is -2.25. The molecule has 2 aromatic rings. The first-order valence-electron chi connectivity index (χ1n) is 8.09. The van der Waals surface area contributed by atoms with Crippen LogP contribution < -0.4 is 5.32 Å². The molecule has 3 rings (SSSR count). The fourth-order valence-corrected chi connectivity index (χ4v) is 6.09. The molecule has 0 unspecified atom stereocenters. The predicted molar refractivity (Wildman–Crippen MR) is 102 cm³/mol. The third kappa shape index (κ3) is 4.49. The van der Waals surface area contributed by atoms with Gasteiger partial charge in [-0.25, -0.2) is 8.42 Å². The lowest BCUT2D eigenvalue weighted by atomic mass is 10.2. The number of rotatable bonds is 5. The van der Waals surface area contributed by atoms with Gasteiger partial charge < -0.3 is 5.32 Å². The molecular weight excluding hydrogens is 424 g/mol. The number of amides is 1. The van der Waals surface area contributed by atoms with Crippen molar-refractivity contribution in [3.8, 4) is 0 Å². The molecule has 1 fully saturated rings. The predicted octanol–water partition coefficient (Wildman–Crippen LogP) is 3.62. The Labute approximate surface area is 160 Å². The maximum absolute atomic E-state index is 12.6. The Morgan fingerprint density at radius 2 is 1.92 bits per heavy atom. The first kappa shape index (κ1) is 18.6. The smallest absolute Gasteiger partial charge is 0.252 e. The molecule has 0 spiro atoms. The highest BCUT2D eigenvalue weighted by molar-refractivity contribution is 9.10. The maximum atomic E-state index is 12.6. The SMILES string of the molecule is O=C(NCc1ccc(S(=O)(=O)N2CCCCC2)s1)c1cccc(Br)c1. The van der Waals surface area contributed by atoms with Crippen LogP contribution in [0.5, 0.6) is 0 Å². The Morgan fingerprint density at radius 1 is 1.16 bits per heavy atom. The molecule has 0 atom stereocenters. The zero-order valence-corrected chi connectivity index (χ0v) is 16.8. The van der Waals surface area contributed by atoms with Gasteiger partial charge in [0.1, 0.15) is 4.21 Å². The van der Waals surface area contributed by atoms with Crippen LogP contribution in [0.2, 0.25) is 0 Å². The minimum Gasteiger partial charge on any atom is -0.347 e. The number of thiophene rings is 1. The molecule has 134 valence electrons. The van der Waals surface area contributed by atoms with Gasteiger partial charge in [-0.2, -0.15) is 4.31 Å². The second-order valence-electron chi connectivity index (χ2n) is 5.88. The second-order valence-corrected chi connectivity index (χ2v) is 10.1. The molecule has 8 heteroatoms. The van der Waals surface area contributed by atoms with E-state index in [4.69, 9.17) is 0 Å². The Hall–Kier alpha value is -1.22. The Bertz CT molecular complexity index is 858. The van der Waals surface area contributed by atoms with Crippen molar-refractivity contribution in [2.45, 2.75) is 30.0 Å². The van der Waals surface area contributed by atoms with Crippen molar-refractivity contribution in [2.24, 2.45) is 0 Å². The summed E-state index contributed by atoms with van der Waals surface area (Å²) in [5.74, 6) is -0.185. The molecular formula is C17H19BrN2O3S2. The van der Waals surface area contributed by atoms with E-state index in [9.17, 15) is 13.2 Å². The Balaban J connectivity index is 1.64. The molecule has 1 amide bonds. The highest BCUT2D eigenvalue weighted by Crippen LogP contribution is 2.27. The lowest BCUT2D eigenvalue weighted by molar-refractivity contribution is 0.0951. The summed E-state index contributed by atoms with van der Waals surface area (Å²) in [7, 11) is -3.40. The summed E-state index contributed by atoms with van der Waals surface area (Å²) in [6, 6.07) is 10.5. The summed E-state index contributed by atoms with van der Waals surface area (Å²) in [6.45, 7) is 1.50. The van der Waals surface area contributed by atoms with Gasteiger partial charge in [0.05, 0.1) is 6.54 Å². The van der Waals surface area contributed by atoms with Gasteiger partial charge >= 0.3 is 0 Å². The zero-order valence-electron chi connectivity index (χ0n) is 13.6. The minimum absolute atomic E-state index is 0.185. The van der Waals surface area contributed by atoms with E-state index in [-0.39, 0.29) is 5.91 Å². The van der Waals surface area contributed by atoms with E-state index >= 15 is 0 Å². The maximum Gasteiger partial charge on any atom is 0.252 e. The molecule has 1 aliphatic heterocycles. The van der Waals surface area contributed by atoms with E-state index in [0.717, 1.165) is 28.6 Å². The summed E-state index contributed by atoms with van der Waals surface area (Å²) in [5, 5.41) is 2.83. The highest BCUT2D eigenvalue weighted by Gasteiger charge is 2.27. The van der Waals surface area contributed by atoms with Crippen LogP contribution in [-0.2, 0) is 16.6 Å². The normalized spacial score (nSPS) is 15.9. The van der Waals surface area contributed by atoms with E-state index in [1.54, 1.807) is 34.6 Å². The molecule has 1 aromatic heterocycles.